The number of amides is 1. The lowest BCUT2D eigenvalue weighted by molar-refractivity contribution is -0.128. The van der Waals surface area contributed by atoms with Crippen LogP contribution in [0.15, 0.2) is 12.1 Å². The molecule has 0 radical (unpaired) electrons. The molecule has 2 rings (SSSR count). The van der Waals surface area contributed by atoms with Gasteiger partial charge in [0.05, 0.1) is 6.54 Å². The van der Waals surface area contributed by atoms with E-state index in [-0.39, 0.29) is 12.1 Å². The van der Waals surface area contributed by atoms with Crippen LogP contribution in [0, 0.1) is 6.92 Å². The smallest absolute Gasteiger partial charge is 0.238 e. The highest BCUT2D eigenvalue weighted by Crippen LogP contribution is 2.28. The van der Waals surface area contributed by atoms with E-state index in [1.54, 1.807) is 11.3 Å². The zero-order valence-electron chi connectivity index (χ0n) is 11.3. The van der Waals surface area contributed by atoms with Gasteiger partial charge in [-0.15, -0.1) is 11.3 Å². The predicted octanol–water partition coefficient (Wildman–Crippen LogP) is 1.44. The van der Waals surface area contributed by atoms with Crippen molar-refractivity contribution in [2.45, 2.75) is 20.0 Å². The maximum Gasteiger partial charge on any atom is 0.238 e. The Balaban J connectivity index is 2.03. The lowest BCUT2D eigenvalue weighted by atomic mass is 10.3. The second-order valence-electron chi connectivity index (χ2n) is 4.71. The second kappa shape index (κ2) is 5.82. The van der Waals surface area contributed by atoms with Gasteiger partial charge in [0, 0.05) is 22.8 Å². The number of likely N-dealkylation sites (N-methyl/N-ethyl adjacent to an activating group) is 1. The molecule has 1 aliphatic heterocycles. The van der Waals surface area contributed by atoms with E-state index < -0.39 is 0 Å². The Bertz CT molecular complexity index is 418. The molecule has 1 aromatic rings. The number of hydrogen-bond acceptors (Lipinski definition) is 4. The third-order valence-electron chi connectivity index (χ3n) is 3.37. The molecule has 0 aliphatic carbocycles. The summed E-state index contributed by atoms with van der Waals surface area (Å²) in [4.78, 5) is 18.6. The highest BCUT2D eigenvalue weighted by atomic mass is 32.1. The fourth-order valence-corrected chi connectivity index (χ4v) is 3.05. The SMILES string of the molecule is CCN(C)CCN1C(=O)CNC1c1ccc(C)s1. The first kappa shape index (κ1) is 13.5. The number of hydrogen-bond donors (Lipinski definition) is 1. The van der Waals surface area contributed by atoms with E-state index in [1.165, 1.54) is 9.75 Å². The minimum atomic E-state index is 0.0708. The van der Waals surface area contributed by atoms with E-state index in [1.807, 2.05) is 4.90 Å². The molecule has 1 amide bonds. The van der Waals surface area contributed by atoms with Gasteiger partial charge in [-0.3, -0.25) is 10.1 Å². The highest BCUT2D eigenvalue weighted by molar-refractivity contribution is 7.12. The van der Waals surface area contributed by atoms with E-state index in [0.717, 1.165) is 19.6 Å². The maximum atomic E-state index is 11.9. The first-order valence-corrected chi connectivity index (χ1v) is 7.21. The summed E-state index contributed by atoms with van der Waals surface area (Å²) in [6, 6.07) is 4.23. The van der Waals surface area contributed by atoms with Crippen molar-refractivity contribution >= 4 is 17.2 Å². The molecule has 0 bridgehead atoms. The van der Waals surface area contributed by atoms with Gasteiger partial charge in [0.25, 0.3) is 0 Å². The van der Waals surface area contributed by atoms with Gasteiger partial charge in [-0.25, -0.2) is 0 Å². The van der Waals surface area contributed by atoms with E-state index in [0.29, 0.717) is 6.54 Å². The Kier molecular flexibility index (Phi) is 4.37. The van der Waals surface area contributed by atoms with Gasteiger partial charge in [0.1, 0.15) is 6.17 Å². The van der Waals surface area contributed by atoms with Crippen LogP contribution in [-0.2, 0) is 4.79 Å². The molecule has 18 heavy (non-hydrogen) atoms. The van der Waals surface area contributed by atoms with Crippen LogP contribution >= 0.6 is 11.3 Å². The molecular weight excluding hydrogens is 246 g/mol. The molecule has 1 fully saturated rings. The van der Waals surface area contributed by atoms with Crippen molar-refractivity contribution in [3.63, 3.8) is 0 Å². The molecule has 1 unspecified atom stereocenters. The number of carbonyl (C=O) groups is 1. The number of nitrogens with zero attached hydrogens (tertiary/aromatic N) is 2. The van der Waals surface area contributed by atoms with Gasteiger partial charge in [-0.2, -0.15) is 0 Å². The zero-order valence-corrected chi connectivity index (χ0v) is 12.1. The molecule has 4 nitrogen and oxygen atoms in total. The Morgan fingerprint density at radius 2 is 2.33 bits per heavy atom. The average Bonchev–Trinajstić information content (AvgIpc) is 2.92. The number of rotatable bonds is 5. The highest BCUT2D eigenvalue weighted by Gasteiger charge is 2.31. The molecule has 1 N–H and O–H groups in total. The number of nitrogens with one attached hydrogen (secondary N) is 1. The summed E-state index contributed by atoms with van der Waals surface area (Å²) in [5, 5.41) is 3.30. The Hall–Kier alpha value is -0.910. The lowest BCUT2D eigenvalue weighted by Crippen LogP contribution is -2.36. The van der Waals surface area contributed by atoms with Crippen LogP contribution in [0.2, 0.25) is 0 Å². The molecule has 1 aromatic heterocycles. The van der Waals surface area contributed by atoms with Crippen molar-refractivity contribution in [3.05, 3.63) is 21.9 Å². The lowest BCUT2D eigenvalue weighted by Gasteiger charge is -2.25. The second-order valence-corrected chi connectivity index (χ2v) is 6.03. The van der Waals surface area contributed by atoms with Crippen LogP contribution in [-0.4, -0.2) is 48.9 Å². The first-order valence-electron chi connectivity index (χ1n) is 6.39. The van der Waals surface area contributed by atoms with Crippen molar-refractivity contribution in [2.24, 2.45) is 0 Å². The van der Waals surface area contributed by atoms with Gasteiger partial charge in [-0.1, -0.05) is 6.92 Å². The molecule has 2 heterocycles. The van der Waals surface area contributed by atoms with Crippen molar-refractivity contribution in [1.29, 1.82) is 0 Å². The monoisotopic (exact) mass is 267 g/mol. The molecule has 5 heteroatoms. The van der Waals surface area contributed by atoms with Crippen LogP contribution in [0.3, 0.4) is 0 Å². The van der Waals surface area contributed by atoms with Gasteiger partial charge in [-0.05, 0) is 32.6 Å². The minimum Gasteiger partial charge on any atom is -0.320 e. The fourth-order valence-electron chi connectivity index (χ4n) is 2.08. The van der Waals surface area contributed by atoms with Gasteiger partial charge in [0.2, 0.25) is 5.91 Å². The molecule has 0 spiro atoms. The number of carbonyl (C=O) groups excluding carboxylic acids is 1. The molecule has 1 aliphatic rings. The summed E-state index contributed by atoms with van der Waals surface area (Å²) in [7, 11) is 2.08. The Morgan fingerprint density at radius 1 is 1.56 bits per heavy atom. The molecule has 1 saturated heterocycles. The van der Waals surface area contributed by atoms with E-state index in [9.17, 15) is 4.79 Å². The maximum absolute atomic E-state index is 11.9. The van der Waals surface area contributed by atoms with E-state index in [4.69, 9.17) is 0 Å². The van der Waals surface area contributed by atoms with Crippen LogP contribution in [0.1, 0.15) is 22.8 Å². The molecule has 0 saturated carbocycles. The molecule has 0 aromatic carbocycles. The van der Waals surface area contributed by atoms with Crippen molar-refractivity contribution in [3.8, 4) is 0 Å². The van der Waals surface area contributed by atoms with Gasteiger partial charge < -0.3 is 9.80 Å². The summed E-state index contributed by atoms with van der Waals surface area (Å²) < 4.78 is 0. The average molecular weight is 267 g/mol. The fraction of sp³-hybridized carbons (Fsp3) is 0.615. The summed E-state index contributed by atoms with van der Waals surface area (Å²) in [5.41, 5.74) is 0. The van der Waals surface area contributed by atoms with Crippen LogP contribution in [0.4, 0.5) is 0 Å². The Morgan fingerprint density at radius 3 is 2.94 bits per heavy atom. The molecular formula is C13H21N3OS. The summed E-state index contributed by atoms with van der Waals surface area (Å²) in [6.45, 7) is 7.41. The summed E-state index contributed by atoms with van der Waals surface area (Å²) in [6.07, 6.45) is 0.0708. The third-order valence-corrected chi connectivity index (χ3v) is 4.42. The van der Waals surface area contributed by atoms with E-state index in [2.05, 4.69) is 43.2 Å². The predicted molar refractivity (Wildman–Crippen MR) is 74.7 cm³/mol. The standard InChI is InChI=1S/C13H21N3OS/c1-4-15(3)7-8-16-12(17)9-14-13(16)11-6-5-10(2)18-11/h5-6,13-14H,4,7-9H2,1-3H3. The number of aryl methyl sites for hydroxylation is 1. The summed E-state index contributed by atoms with van der Waals surface area (Å²) >= 11 is 1.76. The van der Waals surface area contributed by atoms with Crippen LogP contribution in [0.25, 0.3) is 0 Å². The zero-order chi connectivity index (χ0) is 13.1. The molecule has 100 valence electrons. The number of thiophene rings is 1. The minimum absolute atomic E-state index is 0.0708. The van der Waals surface area contributed by atoms with E-state index >= 15 is 0 Å². The first-order chi connectivity index (χ1) is 8.61. The topological polar surface area (TPSA) is 35.6 Å². The quantitative estimate of drug-likeness (QED) is 0.877. The van der Waals surface area contributed by atoms with Gasteiger partial charge >= 0.3 is 0 Å². The Labute approximate surface area is 113 Å². The van der Waals surface area contributed by atoms with Crippen LogP contribution in [0.5, 0.6) is 0 Å². The van der Waals surface area contributed by atoms with Crippen LogP contribution < -0.4 is 5.32 Å². The van der Waals surface area contributed by atoms with Gasteiger partial charge in [0.15, 0.2) is 0 Å². The molecule has 1 atom stereocenters. The third kappa shape index (κ3) is 2.91. The summed E-state index contributed by atoms with van der Waals surface area (Å²) in [5.74, 6) is 0.204. The van der Waals surface area contributed by atoms with Crippen molar-refractivity contribution in [1.82, 2.24) is 15.1 Å². The van der Waals surface area contributed by atoms with Crippen molar-refractivity contribution in [2.75, 3.05) is 33.2 Å². The van der Waals surface area contributed by atoms with Crippen molar-refractivity contribution < 1.29 is 4.79 Å². The normalized spacial score (nSPS) is 20.1. The largest absolute Gasteiger partial charge is 0.320 e.